The van der Waals surface area contributed by atoms with Gasteiger partial charge >= 0.3 is 5.97 Å². The number of hydrogen-bond donors (Lipinski definition) is 2. The molecular formula is C14H11N5O3. The van der Waals surface area contributed by atoms with Crippen LogP contribution >= 0.6 is 0 Å². The predicted molar refractivity (Wildman–Crippen MR) is 75.4 cm³/mol. The molecule has 110 valence electrons. The van der Waals surface area contributed by atoms with Crippen molar-refractivity contribution >= 4 is 17.7 Å². The van der Waals surface area contributed by atoms with E-state index in [0.717, 1.165) is 0 Å². The number of rotatable bonds is 4. The highest BCUT2D eigenvalue weighted by Crippen LogP contribution is 2.08. The van der Waals surface area contributed by atoms with Crippen LogP contribution in [-0.4, -0.2) is 36.6 Å². The quantitative estimate of drug-likeness (QED) is 0.735. The number of carboxylic acids is 1. The Hall–Kier alpha value is -3.29. The first kappa shape index (κ1) is 13.7. The molecule has 1 amide bonds. The smallest absolute Gasteiger partial charge is 0.336 e. The van der Waals surface area contributed by atoms with Crippen molar-refractivity contribution in [1.29, 1.82) is 0 Å². The number of carbonyl (C=O) groups excluding carboxylic acids is 1. The number of aromatic carboxylic acids is 1. The Bertz CT molecular complexity index is 825. The first-order valence-electron chi connectivity index (χ1n) is 6.42. The van der Waals surface area contributed by atoms with Crippen LogP contribution in [0.3, 0.4) is 0 Å². The van der Waals surface area contributed by atoms with Crippen molar-refractivity contribution in [3.05, 3.63) is 59.7 Å². The van der Waals surface area contributed by atoms with Crippen LogP contribution in [-0.2, 0) is 6.54 Å². The van der Waals surface area contributed by atoms with Crippen LogP contribution in [0.25, 0.3) is 5.78 Å². The molecule has 0 aliphatic carbocycles. The van der Waals surface area contributed by atoms with E-state index < -0.39 is 11.9 Å². The van der Waals surface area contributed by atoms with E-state index in [1.165, 1.54) is 10.6 Å². The molecule has 8 heteroatoms. The van der Waals surface area contributed by atoms with E-state index in [1.54, 1.807) is 36.7 Å². The second kappa shape index (κ2) is 5.60. The van der Waals surface area contributed by atoms with Crippen LogP contribution < -0.4 is 5.32 Å². The zero-order chi connectivity index (χ0) is 15.5. The third-order valence-corrected chi connectivity index (χ3v) is 3.01. The third kappa shape index (κ3) is 2.62. The molecule has 3 rings (SSSR count). The number of nitrogens with zero attached hydrogens (tertiary/aromatic N) is 4. The zero-order valence-corrected chi connectivity index (χ0v) is 11.3. The van der Waals surface area contributed by atoms with Crippen molar-refractivity contribution in [1.82, 2.24) is 24.9 Å². The van der Waals surface area contributed by atoms with Crippen molar-refractivity contribution in [2.75, 3.05) is 0 Å². The Kier molecular flexibility index (Phi) is 3.48. The van der Waals surface area contributed by atoms with Crippen LogP contribution in [0.15, 0.2) is 42.7 Å². The summed E-state index contributed by atoms with van der Waals surface area (Å²) in [6.07, 6.45) is 3.18. The number of hydrogen-bond acceptors (Lipinski definition) is 5. The number of carboxylic acid groups (broad SMARTS) is 1. The van der Waals surface area contributed by atoms with Gasteiger partial charge in [-0.1, -0.05) is 18.2 Å². The van der Waals surface area contributed by atoms with Crippen molar-refractivity contribution < 1.29 is 14.7 Å². The van der Waals surface area contributed by atoms with Crippen molar-refractivity contribution in [2.24, 2.45) is 0 Å². The molecule has 0 saturated carbocycles. The lowest BCUT2D eigenvalue weighted by molar-refractivity contribution is 0.0694. The molecule has 0 spiro atoms. The van der Waals surface area contributed by atoms with Gasteiger partial charge in [-0.15, -0.1) is 5.10 Å². The Labute approximate surface area is 124 Å². The first-order valence-corrected chi connectivity index (χ1v) is 6.42. The first-order chi connectivity index (χ1) is 10.6. The van der Waals surface area contributed by atoms with E-state index in [4.69, 9.17) is 5.11 Å². The second-order valence-electron chi connectivity index (χ2n) is 4.44. The average Bonchev–Trinajstić information content (AvgIpc) is 2.97. The average molecular weight is 297 g/mol. The lowest BCUT2D eigenvalue weighted by Crippen LogP contribution is -2.25. The van der Waals surface area contributed by atoms with Crippen molar-refractivity contribution in [3.63, 3.8) is 0 Å². The fourth-order valence-corrected chi connectivity index (χ4v) is 1.97. The highest BCUT2D eigenvalue weighted by atomic mass is 16.4. The van der Waals surface area contributed by atoms with Crippen LogP contribution in [0, 0.1) is 0 Å². The van der Waals surface area contributed by atoms with Gasteiger partial charge in [0, 0.05) is 18.9 Å². The van der Waals surface area contributed by atoms with Gasteiger partial charge in [0.1, 0.15) is 0 Å². The van der Waals surface area contributed by atoms with E-state index >= 15 is 0 Å². The normalized spacial score (nSPS) is 10.5. The van der Waals surface area contributed by atoms with Gasteiger partial charge in [-0.05, 0) is 17.7 Å². The Morgan fingerprint density at radius 3 is 2.82 bits per heavy atom. The van der Waals surface area contributed by atoms with Gasteiger partial charge in [0.05, 0.1) is 5.56 Å². The minimum Gasteiger partial charge on any atom is -0.478 e. The van der Waals surface area contributed by atoms with Gasteiger partial charge in [0.2, 0.25) is 5.82 Å². The monoisotopic (exact) mass is 297 g/mol. The van der Waals surface area contributed by atoms with Gasteiger partial charge < -0.3 is 10.4 Å². The minimum atomic E-state index is -1.04. The fourth-order valence-electron chi connectivity index (χ4n) is 1.97. The molecule has 0 saturated heterocycles. The molecule has 2 aromatic heterocycles. The molecule has 22 heavy (non-hydrogen) atoms. The summed E-state index contributed by atoms with van der Waals surface area (Å²) in [5, 5.41) is 15.7. The third-order valence-electron chi connectivity index (χ3n) is 3.01. The summed E-state index contributed by atoms with van der Waals surface area (Å²) in [6, 6.07) is 8.14. The molecule has 8 nitrogen and oxygen atoms in total. The summed E-state index contributed by atoms with van der Waals surface area (Å²) in [5.41, 5.74) is 0.651. The number of amides is 1. The van der Waals surface area contributed by atoms with Crippen LogP contribution in [0.5, 0.6) is 0 Å². The number of nitrogens with one attached hydrogen (secondary N) is 1. The Balaban J connectivity index is 1.76. The Morgan fingerprint density at radius 2 is 2.05 bits per heavy atom. The topological polar surface area (TPSA) is 109 Å². The molecule has 2 N–H and O–H groups in total. The summed E-state index contributed by atoms with van der Waals surface area (Å²) in [7, 11) is 0. The van der Waals surface area contributed by atoms with Gasteiger partial charge in [-0.2, -0.15) is 4.98 Å². The fraction of sp³-hybridized carbons (Fsp3) is 0.0714. The predicted octanol–water partition coefficient (Wildman–Crippen LogP) is 0.753. The van der Waals surface area contributed by atoms with Gasteiger partial charge in [-0.25, -0.2) is 14.3 Å². The maximum Gasteiger partial charge on any atom is 0.336 e. The van der Waals surface area contributed by atoms with E-state index in [0.29, 0.717) is 11.3 Å². The standard InChI is InChI=1S/C14H11N5O3/c20-12(11-17-14-15-6-3-7-19(14)18-11)16-8-9-4-1-2-5-10(9)13(21)22/h1-7H,8H2,(H,16,20)(H,21,22). The summed E-state index contributed by atoms with van der Waals surface area (Å²) in [5.74, 6) is -1.24. The maximum atomic E-state index is 12.0. The molecule has 0 aliphatic rings. The minimum absolute atomic E-state index is 0.0218. The van der Waals surface area contributed by atoms with Gasteiger partial charge in [0.15, 0.2) is 0 Å². The van der Waals surface area contributed by atoms with Crippen LogP contribution in [0.2, 0.25) is 0 Å². The molecule has 1 aromatic carbocycles. The number of carbonyl (C=O) groups is 2. The number of fused-ring (bicyclic) bond motifs is 1. The van der Waals surface area contributed by atoms with E-state index in [1.807, 2.05) is 0 Å². The second-order valence-corrected chi connectivity index (χ2v) is 4.44. The van der Waals surface area contributed by atoms with Gasteiger partial charge in [0.25, 0.3) is 11.7 Å². The zero-order valence-electron chi connectivity index (χ0n) is 11.3. The summed E-state index contributed by atoms with van der Waals surface area (Å²) in [6.45, 7) is 0.0737. The number of benzene rings is 1. The molecule has 3 aromatic rings. The molecule has 0 fully saturated rings. The summed E-state index contributed by atoms with van der Waals surface area (Å²) >= 11 is 0. The summed E-state index contributed by atoms with van der Waals surface area (Å²) < 4.78 is 1.39. The molecule has 0 bridgehead atoms. The van der Waals surface area contributed by atoms with Crippen LogP contribution in [0.1, 0.15) is 26.5 Å². The lowest BCUT2D eigenvalue weighted by Gasteiger charge is -2.06. The molecular weight excluding hydrogens is 286 g/mol. The number of aromatic nitrogens is 4. The largest absolute Gasteiger partial charge is 0.478 e. The molecule has 0 aliphatic heterocycles. The molecule has 2 heterocycles. The van der Waals surface area contributed by atoms with E-state index in [2.05, 4.69) is 20.4 Å². The Morgan fingerprint density at radius 1 is 1.23 bits per heavy atom. The van der Waals surface area contributed by atoms with Crippen LogP contribution in [0.4, 0.5) is 0 Å². The van der Waals surface area contributed by atoms with Crippen molar-refractivity contribution in [3.8, 4) is 0 Å². The van der Waals surface area contributed by atoms with Gasteiger partial charge in [-0.3, -0.25) is 4.79 Å². The van der Waals surface area contributed by atoms with E-state index in [-0.39, 0.29) is 17.9 Å². The molecule has 0 unspecified atom stereocenters. The molecule has 0 radical (unpaired) electrons. The summed E-state index contributed by atoms with van der Waals surface area (Å²) in [4.78, 5) is 31.1. The maximum absolute atomic E-state index is 12.0. The van der Waals surface area contributed by atoms with Crippen molar-refractivity contribution in [2.45, 2.75) is 6.54 Å². The SMILES string of the molecule is O=C(NCc1ccccc1C(=O)O)c1nc2ncccn2n1. The van der Waals surface area contributed by atoms with E-state index in [9.17, 15) is 9.59 Å². The molecule has 0 atom stereocenters. The lowest BCUT2D eigenvalue weighted by atomic mass is 10.1. The highest BCUT2D eigenvalue weighted by Gasteiger charge is 2.14. The highest BCUT2D eigenvalue weighted by molar-refractivity contribution is 5.92.